The smallest absolute Gasteiger partial charge is 0.314 e. The molecule has 1 saturated heterocycles. The van der Waals surface area contributed by atoms with Crippen LogP contribution in [0.4, 0.5) is 5.82 Å². The van der Waals surface area contributed by atoms with Gasteiger partial charge in [-0.05, 0) is 40.9 Å². The molecule has 0 unspecified atom stereocenters. The van der Waals surface area contributed by atoms with Crippen LogP contribution in [0, 0.1) is 0 Å². The van der Waals surface area contributed by atoms with Gasteiger partial charge >= 0.3 is 11.8 Å². The number of carbonyl (C=O) groups is 2. The summed E-state index contributed by atoms with van der Waals surface area (Å²) < 4.78 is 6.15. The summed E-state index contributed by atoms with van der Waals surface area (Å²) in [4.78, 5) is 27.1. The number of ether oxygens (including phenoxy) is 1. The molecule has 2 heterocycles. The highest BCUT2D eigenvalue weighted by atomic mass is 79.9. The van der Waals surface area contributed by atoms with E-state index in [0.29, 0.717) is 12.4 Å². The average molecular weight is 328 g/mol. The molecular weight excluding hydrogens is 314 g/mol. The molecule has 1 fully saturated rings. The molecule has 1 atom stereocenters. The first-order chi connectivity index (χ1) is 9.15. The lowest BCUT2D eigenvalue weighted by atomic mass is 10.2. The minimum atomic E-state index is -0.729. The maximum atomic E-state index is 11.6. The van der Waals surface area contributed by atoms with Crippen molar-refractivity contribution in [3.63, 3.8) is 0 Å². The minimum Gasteiger partial charge on any atom is -0.376 e. The summed E-state index contributed by atoms with van der Waals surface area (Å²) >= 11 is 3.23. The maximum absolute atomic E-state index is 11.6. The Kier molecular flexibility index (Phi) is 4.86. The average Bonchev–Trinajstić information content (AvgIpc) is 2.91. The van der Waals surface area contributed by atoms with Gasteiger partial charge in [0.05, 0.1) is 6.10 Å². The van der Waals surface area contributed by atoms with E-state index in [4.69, 9.17) is 4.74 Å². The van der Waals surface area contributed by atoms with E-state index >= 15 is 0 Å². The number of nitrogens with one attached hydrogen (secondary N) is 2. The van der Waals surface area contributed by atoms with Crippen molar-refractivity contribution in [3.05, 3.63) is 22.8 Å². The van der Waals surface area contributed by atoms with Gasteiger partial charge in [-0.1, -0.05) is 0 Å². The van der Waals surface area contributed by atoms with Crippen LogP contribution in [0.3, 0.4) is 0 Å². The standard InChI is InChI=1S/C12H14BrN3O3/c13-8-3-4-10(14-6-8)16-12(18)11(17)15-7-9-2-1-5-19-9/h3-4,6,9H,1-2,5,7H2,(H,15,17)(H,14,16,18)/t9-/m0/s1. The van der Waals surface area contributed by atoms with Crippen LogP contribution < -0.4 is 10.6 Å². The van der Waals surface area contributed by atoms with Gasteiger partial charge < -0.3 is 15.4 Å². The number of anilines is 1. The molecule has 0 bridgehead atoms. The van der Waals surface area contributed by atoms with E-state index in [1.165, 1.54) is 0 Å². The lowest BCUT2D eigenvalue weighted by Crippen LogP contribution is -2.39. The number of nitrogens with zero attached hydrogens (tertiary/aromatic N) is 1. The zero-order valence-corrected chi connectivity index (χ0v) is 11.8. The molecule has 0 spiro atoms. The summed E-state index contributed by atoms with van der Waals surface area (Å²) in [6.07, 6.45) is 3.47. The molecule has 1 aromatic heterocycles. The van der Waals surface area contributed by atoms with Gasteiger partial charge in [-0.2, -0.15) is 0 Å². The van der Waals surface area contributed by atoms with Crippen molar-refractivity contribution in [2.45, 2.75) is 18.9 Å². The van der Waals surface area contributed by atoms with Crippen LogP contribution in [-0.4, -0.2) is 36.1 Å². The topological polar surface area (TPSA) is 80.3 Å². The van der Waals surface area contributed by atoms with E-state index in [0.717, 1.165) is 23.9 Å². The first-order valence-corrected chi connectivity index (χ1v) is 6.77. The van der Waals surface area contributed by atoms with Gasteiger partial charge in [-0.15, -0.1) is 0 Å². The Labute approximate surface area is 119 Å². The molecule has 0 aromatic carbocycles. The number of rotatable bonds is 3. The molecule has 2 rings (SSSR count). The lowest BCUT2D eigenvalue weighted by Gasteiger charge is -2.10. The van der Waals surface area contributed by atoms with E-state index in [-0.39, 0.29) is 6.10 Å². The predicted octanol–water partition coefficient (Wildman–Crippen LogP) is 1.08. The van der Waals surface area contributed by atoms with Crippen molar-refractivity contribution in [3.8, 4) is 0 Å². The summed E-state index contributed by atoms with van der Waals surface area (Å²) in [7, 11) is 0. The molecule has 2 amide bonds. The Morgan fingerprint density at radius 2 is 2.26 bits per heavy atom. The second-order valence-electron chi connectivity index (χ2n) is 4.16. The van der Waals surface area contributed by atoms with Crippen LogP contribution >= 0.6 is 15.9 Å². The molecule has 1 aliphatic heterocycles. The van der Waals surface area contributed by atoms with E-state index < -0.39 is 11.8 Å². The van der Waals surface area contributed by atoms with Gasteiger partial charge in [0.1, 0.15) is 5.82 Å². The van der Waals surface area contributed by atoms with E-state index in [2.05, 4.69) is 31.5 Å². The molecule has 6 nitrogen and oxygen atoms in total. The number of halogens is 1. The molecule has 0 radical (unpaired) electrons. The van der Waals surface area contributed by atoms with Gasteiger partial charge in [0, 0.05) is 23.8 Å². The highest BCUT2D eigenvalue weighted by molar-refractivity contribution is 9.10. The molecule has 2 N–H and O–H groups in total. The molecule has 0 saturated carbocycles. The van der Waals surface area contributed by atoms with Crippen LogP contribution in [0.2, 0.25) is 0 Å². The van der Waals surface area contributed by atoms with Crippen molar-refractivity contribution in [2.75, 3.05) is 18.5 Å². The Hall–Kier alpha value is -1.47. The monoisotopic (exact) mass is 327 g/mol. The summed E-state index contributed by atoms with van der Waals surface area (Å²) in [5.41, 5.74) is 0. The fourth-order valence-corrected chi connectivity index (χ4v) is 1.95. The second kappa shape index (κ2) is 6.63. The third-order valence-corrected chi connectivity index (χ3v) is 3.16. The fraction of sp³-hybridized carbons (Fsp3) is 0.417. The molecule has 1 aliphatic rings. The molecule has 0 aliphatic carbocycles. The minimum absolute atomic E-state index is 0.0163. The van der Waals surface area contributed by atoms with Gasteiger partial charge in [0.25, 0.3) is 0 Å². The van der Waals surface area contributed by atoms with E-state index in [9.17, 15) is 9.59 Å². The zero-order chi connectivity index (χ0) is 13.7. The third-order valence-electron chi connectivity index (χ3n) is 2.69. The number of hydrogen-bond acceptors (Lipinski definition) is 4. The molecule has 19 heavy (non-hydrogen) atoms. The fourth-order valence-electron chi connectivity index (χ4n) is 1.71. The number of pyridine rings is 1. The quantitative estimate of drug-likeness (QED) is 0.814. The number of amides is 2. The van der Waals surface area contributed by atoms with Crippen LogP contribution in [0.15, 0.2) is 22.8 Å². The molecule has 102 valence electrons. The summed E-state index contributed by atoms with van der Waals surface area (Å²) in [6, 6.07) is 3.34. The third kappa shape index (κ3) is 4.29. The molecule has 7 heteroatoms. The number of carbonyl (C=O) groups excluding carboxylic acids is 2. The largest absolute Gasteiger partial charge is 0.376 e. The number of hydrogen-bond donors (Lipinski definition) is 2. The van der Waals surface area contributed by atoms with E-state index in [1.54, 1.807) is 18.3 Å². The summed E-state index contributed by atoms with van der Waals surface area (Å²) in [6.45, 7) is 1.08. The summed E-state index contributed by atoms with van der Waals surface area (Å²) in [5.74, 6) is -1.08. The highest BCUT2D eigenvalue weighted by Gasteiger charge is 2.19. The Bertz CT molecular complexity index is 458. The summed E-state index contributed by atoms with van der Waals surface area (Å²) in [5, 5.41) is 4.96. The Morgan fingerprint density at radius 3 is 2.89 bits per heavy atom. The lowest BCUT2D eigenvalue weighted by molar-refractivity contribution is -0.136. The Balaban J connectivity index is 1.78. The second-order valence-corrected chi connectivity index (χ2v) is 5.08. The highest BCUT2D eigenvalue weighted by Crippen LogP contribution is 2.11. The molecular formula is C12H14BrN3O3. The van der Waals surface area contributed by atoms with Crippen LogP contribution in [-0.2, 0) is 14.3 Å². The zero-order valence-electron chi connectivity index (χ0n) is 10.2. The van der Waals surface area contributed by atoms with Crippen LogP contribution in [0.25, 0.3) is 0 Å². The van der Waals surface area contributed by atoms with Crippen molar-refractivity contribution >= 4 is 33.6 Å². The number of aromatic nitrogens is 1. The first kappa shape index (κ1) is 14.0. The molecule has 1 aromatic rings. The first-order valence-electron chi connectivity index (χ1n) is 5.97. The van der Waals surface area contributed by atoms with Gasteiger partial charge in [-0.25, -0.2) is 4.98 Å². The van der Waals surface area contributed by atoms with Crippen molar-refractivity contribution in [2.24, 2.45) is 0 Å². The van der Waals surface area contributed by atoms with Gasteiger partial charge in [0.2, 0.25) is 0 Å². The SMILES string of the molecule is O=C(NC[C@@H]1CCCO1)C(=O)Nc1ccc(Br)cn1. The van der Waals surface area contributed by atoms with Crippen molar-refractivity contribution < 1.29 is 14.3 Å². The normalized spacial score (nSPS) is 18.1. The predicted molar refractivity (Wildman–Crippen MR) is 72.6 cm³/mol. The van der Waals surface area contributed by atoms with Crippen molar-refractivity contribution in [1.82, 2.24) is 10.3 Å². The van der Waals surface area contributed by atoms with Crippen LogP contribution in [0.5, 0.6) is 0 Å². The van der Waals surface area contributed by atoms with E-state index in [1.807, 2.05) is 0 Å². The maximum Gasteiger partial charge on any atom is 0.314 e. The Morgan fingerprint density at radius 1 is 1.42 bits per heavy atom. The van der Waals surface area contributed by atoms with Gasteiger partial charge in [-0.3, -0.25) is 9.59 Å². The van der Waals surface area contributed by atoms with Gasteiger partial charge in [0.15, 0.2) is 0 Å². The van der Waals surface area contributed by atoms with Crippen LogP contribution in [0.1, 0.15) is 12.8 Å². The van der Waals surface area contributed by atoms with Crippen molar-refractivity contribution in [1.29, 1.82) is 0 Å².